The molecule has 0 saturated heterocycles. The highest BCUT2D eigenvalue weighted by Crippen LogP contribution is 2.19. The molecular formula is C20H14ClFN4O2. The smallest absolute Gasteiger partial charge is 0.280 e. The van der Waals surface area contributed by atoms with Gasteiger partial charge in [0.05, 0.1) is 6.54 Å². The summed E-state index contributed by atoms with van der Waals surface area (Å²) >= 11 is 5.90. The van der Waals surface area contributed by atoms with Gasteiger partial charge in [0.2, 0.25) is 0 Å². The summed E-state index contributed by atoms with van der Waals surface area (Å²) < 4.78 is 16.2. The first kappa shape index (κ1) is 18.1. The third-order valence-corrected chi connectivity index (χ3v) is 4.72. The summed E-state index contributed by atoms with van der Waals surface area (Å²) in [5.74, 6) is -0.115. The van der Waals surface area contributed by atoms with E-state index < -0.39 is 17.1 Å². The van der Waals surface area contributed by atoms with Crippen LogP contribution in [0.3, 0.4) is 0 Å². The van der Waals surface area contributed by atoms with Crippen molar-refractivity contribution in [3.05, 3.63) is 92.0 Å². The highest BCUT2D eigenvalue weighted by atomic mass is 35.5. The van der Waals surface area contributed by atoms with Crippen molar-refractivity contribution in [1.29, 1.82) is 0 Å². The SMILES string of the molecule is Cn1c(=O)n(Cc2ccccc2F)c(=O)c2cnc(-c3ccc(Cl)cc3)nc21. The summed E-state index contributed by atoms with van der Waals surface area (Å²) in [6, 6.07) is 12.9. The molecule has 0 atom stereocenters. The van der Waals surface area contributed by atoms with Crippen LogP contribution in [0.1, 0.15) is 5.56 Å². The Hall–Kier alpha value is -3.32. The van der Waals surface area contributed by atoms with Crippen molar-refractivity contribution in [1.82, 2.24) is 19.1 Å². The second-order valence-electron chi connectivity index (χ2n) is 6.26. The zero-order valence-corrected chi connectivity index (χ0v) is 15.5. The highest BCUT2D eigenvalue weighted by molar-refractivity contribution is 6.30. The monoisotopic (exact) mass is 396 g/mol. The quantitative estimate of drug-likeness (QED) is 0.534. The van der Waals surface area contributed by atoms with Gasteiger partial charge in [0, 0.05) is 29.4 Å². The van der Waals surface area contributed by atoms with Gasteiger partial charge < -0.3 is 0 Å². The molecule has 6 nitrogen and oxygen atoms in total. The third kappa shape index (κ3) is 3.10. The van der Waals surface area contributed by atoms with E-state index in [-0.39, 0.29) is 23.1 Å². The number of hydrogen-bond acceptors (Lipinski definition) is 4. The minimum absolute atomic E-state index is 0.174. The van der Waals surface area contributed by atoms with Gasteiger partial charge in [-0.15, -0.1) is 0 Å². The first-order valence-electron chi connectivity index (χ1n) is 8.41. The number of halogens is 2. The molecule has 0 radical (unpaired) electrons. The first-order chi connectivity index (χ1) is 13.5. The van der Waals surface area contributed by atoms with E-state index in [2.05, 4.69) is 9.97 Å². The maximum Gasteiger partial charge on any atom is 0.332 e. The fourth-order valence-corrected chi connectivity index (χ4v) is 3.08. The Labute approximate surface area is 163 Å². The van der Waals surface area contributed by atoms with Crippen LogP contribution in [0.25, 0.3) is 22.4 Å². The fraction of sp³-hybridized carbons (Fsp3) is 0.100. The summed E-state index contributed by atoms with van der Waals surface area (Å²) in [6.45, 7) is -0.174. The Balaban J connectivity index is 1.88. The second-order valence-corrected chi connectivity index (χ2v) is 6.70. The number of aryl methyl sites for hydroxylation is 1. The van der Waals surface area contributed by atoms with Gasteiger partial charge in [-0.1, -0.05) is 29.8 Å². The predicted octanol–water partition coefficient (Wildman–Crippen LogP) is 3.00. The van der Waals surface area contributed by atoms with Gasteiger partial charge >= 0.3 is 5.69 Å². The van der Waals surface area contributed by atoms with E-state index in [0.29, 0.717) is 16.4 Å². The summed E-state index contributed by atoms with van der Waals surface area (Å²) in [5, 5.41) is 0.754. The lowest BCUT2D eigenvalue weighted by Crippen LogP contribution is -2.40. The summed E-state index contributed by atoms with van der Waals surface area (Å²) in [4.78, 5) is 34.2. The molecule has 0 bridgehead atoms. The van der Waals surface area contributed by atoms with E-state index in [0.717, 1.165) is 4.57 Å². The molecule has 0 saturated carbocycles. The molecule has 0 fully saturated rings. The van der Waals surface area contributed by atoms with E-state index in [1.165, 1.54) is 29.9 Å². The Kier molecular flexibility index (Phi) is 4.52. The lowest BCUT2D eigenvalue weighted by molar-refractivity contribution is 0.582. The molecule has 0 aliphatic rings. The molecule has 8 heteroatoms. The van der Waals surface area contributed by atoms with Gasteiger partial charge in [-0.2, -0.15) is 0 Å². The van der Waals surface area contributed by atoms with Crippen molar-refractivity contribution in [2.75, 3.05) is 0 Å². The van der Waals surface area contributed by atoms with Crippen LogP contribution in [0.15, 0.2) is 64.3 Å². The molecule has 0 aliphatic carbocycles. The maximum absolute atomic E-state index is 14.0. The van der Waals surface area contributed by atoms with Crippen molar-refractivity contribution >= 4 is 22.6 Å². The van der Waals surface area contributed by atoms with Crippen LogP contribution in [0.4, 0.5) is 4.39 Å². The molecule has 2 heterocycles. The number of aromatic nitrogens is 4. The molecule has 0 spiro atoms. The zero-order chi connectivity index (χ0) is 19.8. The minimum atomic E-state index is -0.582. The topological polar surface area (TPSA) is 69.8 Å². The lowest BCUT2D eigenvalue weighted by atomic mass is 10.2. The van der Waals surface area contributed by atoms with Crippen LogP contribution in [0, 0.1) is 5.82 Å². The Bertz CT molecular complexity index is 1310. The minimum Gasteiger partial charge on any atom is -0.280 e. The van der Waals surface area contributed by atoms with Crippen LogP contribution in [0.5, 0.6) is 0 Å². The lowest BCUT2D eigenvalue weighted by Gasteiger charge is -2.11. The summed E-state index contributed by atoms with van der Waals surface area (Å²) in [5.41, 5.74) is 0.0132. The van der Waals surface area contributed by atoms with Crippen molar-refractivity contribution in [3.63, 3.8) is 0 Å². The fourth-order valence-electron chi connectivity index (χ4n) is 2.96. The van der Waals surface area contributed by atoms with Gasteiger partial charge in [-0.25, -0.2) is 19.2 Å². The number of rotatable bonds is 3. The van der Waals surface area contributed by atoms with Crippen LogP contribution < -0.4 is 11.2 Å². The van der Waals surface area contributed by atoms with Crippen LogP contribution in [0.2, 0.25) is 5.02 Å². The zero-order valence-electron chi connectivity index (χ0n) is 14.8. The van der Waals surface area contributed by atoms with Gasteiger partial charge in [0.25, 0.3) is 5.56 Å². The average molecular weight is 397 g/mol. The second kappa shape index (κ2) is 7.01. The van der Waals surface area contributed by atoms with Crippen molar-refractivity contribution in [2.24, 2.45) is 7.05 Å². The molecule has 0 N–H and O–H groups in total. The number of fused-ring (bicyclic) bond motifs is 1. The van der Waals surface area contributed by atoms with Crippen LogP contribution in [-0.2, 0) is 13.6 Å². The third-order valence-electron chi connectivity index (χ3n) is 4.47. The van der Waals surface area contributed by atoms with E-state index >= 15 is 0 Å². The van der Waals surface area contributed by atoms with Crippen LogP contribution in [-0.4, -0.2) is 19.1 Å². The average Bonchev–Trinajstić information content (AvgIpc) is 2.71. The van der Waals surface area contributed by atoms with E-state index in [1.54, 1.807) is 36.4 Å². The molecule has 0 unspecified atom stereocenters. The molecule has 0 amide bonds. The van der Waals surface area contributed by atoms with Gasteiger partial charge in [0.1, 0.15) is 11.2 Å². The van der Waals surface area contributed by atoms with Crippen molar-refractivity contribution < 1.29 is 4.39 Å². The summed E-state index contributed by atoms with van der Waals surface area (Å²) in [7, 11) is 1.51. The molecular weight excluding hydrogens is 383 g/mol. The van der Waals surface area contributed by atoms with E-state index in [9.17, 15) is 14.0 Å². The van der Waals surface area contributed by atoms with Gasteiger partial charge in [0.15, 0.2) is 11.5 Å². The van der Waals surface area contributed by atoms with E-state index in [1.807, 2.05) is 0 Å². The van der Waals surface area contributed by atoms with Crippen molar-refractivity contribution in [3.8, 4) is 11.4 Å². The van der Waals surface area contributed by atoms with Crippen molar-refractivity contribution in [2.45, 2.75) is 6.54 Å². The molecule has 2 aromatic carbocycles. The van der Waals surface area contributed by atoms with Gasteiger partial charge in [-0.3, -0.25) is 13.9 Å². The molecule has 4 rings (SSSR count). The Morgan fingerprint density at radius 2 is 1.79 bits per heavy atom. The van der Waals surface area contributed by atoms with E-state index in [4.69, 9.17) is 11.6 Å². The van der Waals surface area contributed by atoms with Gasteiger partial charge in [-0.05, 0) is 30.3 Å². The predicted molar refractivity (Wildman–Crippen MR) is 105 cm³/mol. The first-order valence-corrected chi connectivity index (χ1v) is 8.79. The number of benzene rings is 2. The highest BCUT2D eigenvalue weighted by Gasteiger charge is 2.15. The Morgan fingerprint density at radius 3 is 2.50 bits per heavy atom. The maximum atomic E-state index is 14.0. The molecule has 2 aromatic heterocycles. The number of nitrogens with zero attached hydrogens (tertiary/aromatic N) is 4. The number of hydrogen-bond donors (Lipinski definition) is 0. The molecule has 0 aliphatic heterocycles. The van der Waals surface area contributed by atoms with Crippen LogP contribution >= 0.6 is 11.6 Å². The standard InChI is InChI=1S/C20H14ClFN4O2/c1-25-18-15(10-23-17(24-18)12-6-8-14(21)9-7-12)19(27)26(20(25)28)11-13-4-2-3-5-16(13)22/h2-10H,11H2,1H3. The Morgan fingerprint density at radius 1 is 1.07 bits per heavy atom. The molecule has 4 aromatic rings. The largest absolute Gasteiger partial charge is 0.332 e. The molecule has 140 valence electrons. The normalized spacial score (nSPS) is 11.1. The summed E-state index contributed by atoms with van der Waals surface area (Å²) in [6.07, 6.45) is 1.38. The molecule has 28 heavy (non-hydrogen) atoms.